The zero-order chi connectivity index (χ0) is 14.9. The molecule has 0 bridgehead atoms. The molecule has 0 aliphatic carbocycles. The molecule has 108 valence electrons. The average Bonchev–Trinajstić information content (AvgIpc) is 2.97. The van der Waals surface area contributed by atoms with Crippen LogP contribution in [0.1, 0.15) is 22.7 Å². The van der Waals surface area contributed by atoms with E-state index in [1.807, 2.05) is 30.3 Å². The van der Waals surface area contributed by atoms with Gasteiger partial charge in [-0.15, -0.1) is 0 Å². The molecule has 5 heteroatoms. The van der Waals surface area contributed by atoms with Crippen LogP contribution in [0.4, 0.5) is 13.2 Å². The molecule has 2 aromatic rings. The highest BCUT2D eigenvalue weighted by molar-refractivity contribution is 5.95. The highest BCUT2D eigenvalue weighted by atomic mass is 19.4. The fraction of sp³-hybridized carbons (Fsp3) is 0.188. The first-order valence-corrected chi connectivity index (χ1v) is 6.47. The molecular weight excluding hydrogens is 279 g/mol. The first kappa shape index (κ1) is 13.7. The molecule has 0 saturated carbocycles. The van der Waals surface area contributed by atoms with Crippen LogP contribution >= 0.6 is 0 Å². The van der Waals surface area contributed by atoms with Crippen LogP contribution in [0.25, 0.3) is 0 Å². The number of hydrogen-bond donors (Lipinski definition) is 0. The van der Waals surface area contributed by atoms with Crippen LogP contribution < -0.4 is 0 Å². The summed E-state index contributed by atoms with van der Waals surface area (Å²) in [5, 5.41) is 0. The molecule has 1 aliphatic heterocycles. The molecule has 0 radical (unpaired) electrons. The summed E-state index contributed by atoms with van der Waals surface area (Å²) in [5.41, 5.74) is 0.929. The summed E-state index contributed by atoms with van der Waals surface area (Å²) >= 11 is 0. The monoisotopic (exact) mass is 291 g/mol. The number of ether oxygens (including phenoxy) is 1. The van der Waals surface area contributed by atoms with E-state index < -0.39 is 11.7 Å². The molecule has 0 unspecified atom stereocenters. The van der Waals surface area contributed by atoms with Crippen molar-refractivity contribution in [3.05, 3.63) is 71.3 Å². The highest BCUT2D eigenvalue weighted by Crippen LogP contribution is 2.31. The molecule has 2 nitrogen and oxygen atoms in total. The minimum atomic E-state index is -4.32. The molecule has 1 atom stereocenters. The lowest BCUT2D eigenvalue weighted by atomic mass is 10.1. The summed E-state index contributed by atoms with van der Waals surface area (Å²) in [6, 6.07) is 14.2. The van der Waals surface area contributed by atoms with Gasteiger partial charge in [0.1, 0.15) is 12.6 Å². The van der Waals surface area contributed by atoms with Crippen molar-refractivity contribution in [3.8, 4) is 0 Å². The maximum Gasteiger partial charge on any atom is 0.416 e. The van der Waals surface area contributed by atoms with E-state index in [-0.39, 0.29) is 6.04 Å². The molecule has 2 aromatic carbocycles. The summed E-state index contributed by atoms with van der Waals surface area (Å²) in [6.07, 6.45) is -4.32. The Kier molecular flexibility index (Phi) is 3.41. The van der Waals surface area contributed by atoms with Gasteiger partial charge in [0.2, 0.25) is 5.90 Å². The van der Waals surface area contributed by atoms with Crippen LogP contribution in [-0.4, -0.2) is 12.5 Å². The summed E-state index contributed by atoms with van der Waals surface area (Å²) in [7, 11) is 0. The number of nitrogens with zero attached hydrogens (tertiary/aromatic N) is 1. The van der Waals surface area contributed by atoms with Crippen LogP contribution in [0.15, 0.2) is 59.6 Å². The lowest BCUT2D eigenvalue weighted by molar-refractivity contribution is -0.137. The van der Waals surface area contributed by atoms with E-state index in [1.54, 1.807) is 0 Å². The van der Waals surface area contributed by atoms with Crippen molar-refractivity contribution in [2.75, 3.05) is 6.61 Å². The van der Waals surface area contributed by atoms with E-state index >= 15 is 0 Å². The zero-order valence-corrected chi connectivity index (χ0v) is 11.0. The molecule has 21 heavy (non-hydrogen) atoms. The zero-order valence-electron chi connectivity index (χ0n) is 11.0. The van der Waals surface area contributed by atoms with Crippen molar-refractivity contribution < 1.29 is 17.9 Å². The third kappa shape index (κ3) is 2.91. The number of aliphatic imine (C=N–C) groups is 1. The molecule has 1 aliphatic rings. The predicted octanol–water partition coefficient (Wildman–Crippen LogP) is 4.22. The van der Waals surface area contributed by atoms with E-state index in [4.69, 9.17) is 4.74 Å². The second-order valence-corrected chi connectivity index (χ2v) is 4.75. The molecule has 1 heterocycles. The number of hydrogen-bond acceptors (Lipinski definition) is 2. The summed E-state index contributed by atoms with van der Waals surface area (Å²) in [5.74, 6) is 0.528. The minimum absolute atomic E-state index is 0.262. The van der Waals surface area contributed by atoms with Crippen molar-refractivity contribution in [1.82, 2.24) is 0 Å². The summed E-state index contributed by atoms with van der Waals surface area (Å²) in [6.45, 7) is 0.343. The van der Waals surface area contributed by atoms with E-state index in [1.165, 1.54) is 12.1 Å². The second kappa shape index (κ2) is 5.24. The van der Waals surface area contributed by atoms with Crippen LogP contribution in [0.3, 0.4) is 0 Å². The molecule has 0 amide bonds. The number of alkyl halides is 3. The molecule has 3 rings (SSSR count). The average molecular weight is 291 g/mol. The van der Waals surface area contributed by atoms with E-state index in [0.29, 0.717) is 18.1 Å². The smallest absolute Gasteiger partial charge is 0.416 e. The Balaban J connectivity index is 1.81. The Labute approximate surface area is 119 Å². The normalized spacial score (nSPS) is 18.2. The van der Waals surface area contributed by atoms with Crippen molar-refractivity contribution in [2.24, 2.45) is 4.99 Å². The van der Waals surface area contributed by atoms with Gasteiger partial charge in [-0.3, -0.25) is 0 Å². The third-order valence-electron chi connectivity index (χ3n) is 3.29. The van der Waals surface area contributed by atoms with Gasteiger partial charge in [0.05, 0.1) is 5.56 Å². The standard InChI is InChI=1S/C16H12F3NO/c17-16(18,19)13-8-6-11(7-9-13)14-10-21-15(20-14)12-4-2-1-3-5-12/h1-9,14H,10H2/t14-/m1/s1. The first-order valence-electron chi connectivity index (χ1n) is 6.47. The number of halogens is 3. The number of rotatable bonds is 2. The van der Waals surface area contributed by atoms with Gasteiger partial charge in [-0.25, -0.2) is 4.99 Å². The molecular formula is C16H12F3NO. The maximum absolute atomic E-state index is 12.5. The van der Waals surface area contributed by atoms with Gasteiger partial charge < -0.3 is 4.74 Å². The van der Waals surface area contributed by atoms with Gasteiger partial charge in [0, 0.05) is 5.56 Å². The topological polar surface area (TPSA) is 21.6 Å². The first-order chi connectivity index (χ1) is 10.0. The lowest BCUT2D eigenvalue weighted by Gasteiger charge is -2.09. The lowest BCUT2D eigenvalue weighted by Crippen LogP contribution is -2.05. The fourth-order valence-electron chi connectivity index (χ4n) is 2.18. The fourth-order valence-corrected chi connectivity index (χ4v) is 2.18. The number of benzene rings is 2. The van der Waals surface area contributed by atoms with Crippen LogP contribution in [0.2, 0.25) is 0 Å². The van der Waals surface area contributed by atoms with Crippen LogP contribution in [0, 0.1) is 0 Å². The molecule has 0 fully saturated rings. The van der Waals surface area contributed by atoms with Gasteiger partial charge >= 0.3 is 6.18 Å². The summed E-state index contributed by atoms with van der Waals surface area (Å²) < 4.78 is 43.1. The molecule has 0 aromatic heterocycles. The van der Waals surface area contributed by atoms with Gasteiger partial charge in [-0.05, 0) is 29.8 Å². The van der Waals surface area contributed by atoms with E-state index in [0.717, 1.165) is 17.7 Å². The maximum atomic E-state index is 12.5. The third-order valence-corrected chi connectivity index (χ3v) is 3.29. The Hall–Kier alpha value is -2.30. The van der Waals surface area contributed by atoms with Gasteiger partial charge in [0.25, 0.3) is 0 Å². The quantitative estimate of drug-likeness (QED) is 0.811. The Morgan fingerprint density at radius 1 is 0.952 bits per heavy atom. The van der Waals surface area contributed by atoms with Gasteiger partial charge in [-0.2, -0.15) is 13.2 Å². The molecule has 0 N–H and O–H groups in total. The SMILES string of the molecule is FC(F)(F)c1ccc([C@H]2COC(c3ccccc3)=N2)cc1. The van der Waals surface area contributed by atoms with E-state index in [9.17, 15) is 13.2 Å². The van der Waals surface area contributed by atoms with Crippen LogP contribution in [-0.2, 0) is 10.9 Å². The van der Waals surface area contributed by atoms with Crippen LogP contribution in [0.5, 0.6) is 0 Å². The van der Waals surface area contributed by atoms with Crippen molar-refractivity contribution in [3.63, 3.8) is 0 Å². The van der Waals surface area contributed by atoms with Crippen molar-refractivity contribution in [2.45, 2.75) is 12.2 Å². The van der Waals surface area contributed by atoms with Crippen molar-refractivity contribution >= 4 is 5.90 Å². The van der Waals surface area contributed by atoms with Gasteiger partial charge in [0.15, 0.2) is 0 Å². The van der Waals surface area contributed by atoms with E-state index in [2.05, 4.69) is 4.99 Å². The Bertz CT molecular complexity index is 647. The van der Waals surface area contributed by atoms with Crippen molar-refractivity contribution in [1.29, 1.82) is 0 Å². The second-order valence-electron chi connectivity index (χ2n) is 4.75. The summed E-state index contributed by atoms with van der Waals surface area (Å²) in [4.78, 5) is 4.43. The Morgan fingerprint density at radius 3 is 2.24 bits per heavy atom. The Morgan fingerprint density at radius 2 is 1.62 bits per heavy atom. The van der Waals surface area contributed by atoms with Gasteiger partial charge in [-0.1, -0.05) is 30.3 Å². The largest absolute Gasteiger partial charge is 0.475 e. The predicted molar refractivity (Wildman–Crippen MR) is 73.1 cm³/mol. The highest BCUT2D eigenvalue weighted by Gasteiger charge is 2.30. The molecule has 0 spiro atoms. The minimum Gasteiger partial charge on any atom is -0.475 e. The molecule has 0 saturated heterocycles.